The third-order valence-electron chi connectivity index (χ3n) is 7.42. The molecule has 1 amide bonds. The summed E-state index contributed by atoms with van der Waals surface area (Å²) in [6.45, 7) is 6.31. The maximum Gasteiger partial charge on any atom is 0.254 e. The smallest absolute Gasteiger partial charge is 0.254 e. The highest BCUT2D eigenvalue weighted by Crippen LogP contribution is 2.27. The van der Waals surface area contributed by atoms with E-state index in [1.165, 1.54) is 29.2 Å². The quantitative estimate of drug-likeness (QED) is 0.378. The number of hydrogen-bond donors (Lipinski definition) is 3. The number of carbonyl (C=O) groups is 1. The van der Waals surface area contributed by atoms with Crippen molar-refractivity contribution in [1.29, 1.82) is 0 Å². The molecule has 194 valence electrons. The van der Waals surface area contributed by atoms with Crippen molar-refractivity contribution in [2.24, 2.45) is 5.73 Å². The summed E-state index contributed by atoms with van der Waals surface area (Å²) >= 11 is 0. The topological polar surface area (TPSA) is 118 Å². The Morgan fingerprint density at radius 2 is 1.74 bits per heavy atom. The maximum atomic E-state index is 13.0. The number of aromatic nitrogens is 3. The van der Waals surface area contributed by atoms with Crippen molar-refractivity contribution in [2.75, 3.05) is 23.3 Å². The standard InChI is InChI=1S/C29H31N7O2/c1-17-14-35(15-18(2)32-17)22-10-7-21(8-11-22)33-29-31-13-24-26(37)25(27(30)38)16-36(28(24)34-29)23-9-6-19-4-3-5-20(19)12-23/h6-13,16-18,32H,3-5,14-15H2,1-2H3,(H2,30,38)(H,31,33,34). The van der Waals surface area contributed by atoms with Gasteiger partial charge in [0.05, 0.1) is 5.39 Å². The first-order valence-corrected chi connectivity index (χ1v) is 13.1. The van der Waals surface area contributed by atoms with Crippen LogP contribution in [0.15, 0.2) is 59.7 Å². The minimum Gasteiger partial charge on any atom is -0.368 e. The first-order valence-electron chi connectivity index (χ1n) is 13.1. The average molecular weight is 510 g/mol. The number of hydrogen-bond acceptors (Lipinski definition) is 7. The van der Waals surface area contributed by atoms with E-state index in [-0.39, 0.29) is 10.9 Å². The highest BCUT2D eigenvalue weighted by molar-refractivity contribution is 5.96. The molecule has 3 heterocycles. The van der Waals surface area contributed by atoms with E-state index >= 15 is 0 Å². The van der Waals surface area contributed by atoms with Gasteiger partial charge >= 0.3 is 0 Å². The summed E-state index contributed by atoms with van der Waals surface area (Å²) in [5.41, 5.74) is 10.8. The van der Waals surface area contributed by atoms with Gasteiger partial charge in [-0.15, -0.1) is 0 Å². The second-order valence-corrected chi connectivity index (χ2v) is 10.4. The van der Waals surface area contributed by atoms with Crippen LogP contribution in [0.1, 0.15) is 41.8 Å². The molecular formula is C29H31N7O2. The number of aryl methyl sites for hydroxylation is 2. The molecule has 0 spiro atoms. The van der Waals surface area contributed by atoms with Crippen molar-refractivity contribution in [3.05, 3.63) is 81.8 Å². The summed E-state index contributed by atoms with van der Waals surface area (Å²) in [6.07, 6.45) is 6.15. The van der Waals surface area contributed by atoms with E-state index in [9.17, 15) is 9.59 Å². The molecule has 1 aliphatic heterocycles. The molecule has 2 aromatic heterocycles. The van der Waals surface area contributed by atoms with Crippen LogP contribution in [-0.4, -0.2) is 45.6 Å². The van der Waals surface area contributed by atoms with Crippen LogP contribution in [0, 0.1) is 0 Å². The lowest BCUT2D eigenvalue weighted by Crippen LogP contribution is -2.54. The third kappa shape index (κ3) is 4.50. The van der Waals surface area contributed by atoms with Crippen LogP contribution in [0.5, 0.6) is 0 Å². The molecule has 1 saturated heterocycles. The number of anilines is 3. The Bertz CT molecular complexity index is 1590. The Kier molecular flexibility index (Phi) is 6.07. The highest BCUT2D eigenvalue weighted by atomic mass is 16.2. The summed E-state index contributed by atoms with van der Waals surface area (Å²) in [4.78, 5) is 36.6. The zero-order valence-electron chi connectivity index (χ0n) is 21.6. The van der Waals surface area contributed by atoms with Gasteiger partial charge in [0.15, 0.2) is 5.65 Å². The van der Waals surface area contributed by atoms with Gasteiger partial charge in [0.2, 0.25) is 11.4 Å². The fraction of sp³-hybridized carbons (Fsp3) is 0.310. The van der Waals surface area contributed by atoms with Crippen molar-refractivity contribution < 1.29 is 4.79 Å². The average Bonchev–Trinajstić information content (AvgIpc) is 3.37. The largest absolute Gasteiger partial charge is 0.368 e. The van der Waals surface area contributed by atoms with Gasteiger partial charge < -0.3 is 25.8 Å². The fourth-order valence-electron chi connectivity index (χ4n) is 5.67. The number of nitrogens with two attached hydrogens (primary N) is 1. The highest BCUT2D eigenvalue weighted by Gasteiger charge is 2.21. The predicted molar refractivity (Wildman–Crippen MR) is 150 cm³/mol. The molecular weight excluding hydrogens is 478 g/mol. The normalized spacial score (nSPS) is 18.9. The number of primary amides is 1. The number of carbonyl (C=O) groups excluding carboxylic acids is 1. The number of nitrogens with zero attached hydrogens (tertiary/aromatic N) is 4. The Morgan fingerprint density at radius 1 is 1.03 bits per heavy atom. The van der Waals surface area contributed by atoms with E-state index in [0.29, 0.717) is 23.7 Å². The lowest BCUT2D eigenvalue weighted by Gasteiger charge is -2.37. The number of nitrogens with one attached hydrogen (secondary N) is 2. The molecule has 4 aromatic rings. The molecule has 2 unspecified atom stereocenters. The van der Waals surface area contributed by atoms with Gasteiger partial charge in [-0.1, -0.05) is 6.07 Å². The summed E-state index contributed by atoms with van der Waals surface area (Å²) < 4.78 is 1.76. The summed E-state index contributed by atoms with van der Waals surface area (Å²) in [7, 11) is 0. The molecule has 2 aromatic carbocycles. The zero-order valence-corrected chi connectivity index (χ0v) is 21.6. The molecule has 1 fully saturated rings. The maximum absolute atomic E-state index is 13.0. The van der Waals surface area contributed by atoms with Gasteiger partial charge in [-0.25, -0.2) is 4.98 Å². The first-order chi connectivity index (χ1) is 18.4. The van der Waals surface area contributed by atoms with Crippen molar-refractivity contribution in [1.82, 2.24) is 19.9 Å². The Hall–Kier alpha value is -4.24. The minimum absolute atomic E-state index is 0.0885. The van der Waals surface area contributed by atoms with Crippen molar-refractivity contribution in [3.63, 3.8) is 0 Å². The van der Waals surface area contributed by atoms with Crippen LogP contribution in [0.3, 0.4) is 0 Å². The third-order valence-corrected chi connectivity index (χ3v) is 7.42. The van der Waals surface area contributed by atoms with Gasteiger partial charge in [0.25, 0.3) is 5.91 Å². The van der Waals surface area contributed by atoms with Crippen molar-refractivity contribution in [3.8, 4) is 5.69 Å². The number of benzene rings is 2. The number of piperazine rings is 1. The SMILES string of the molecule is CC1CN(c2ccc(Nc3ncc4c(=O)c(C(N)=O)cn(-c5ccc6c(c5)CCC6)c4n3)cc2)CC(C)N1. The Morgan fingerprint density at radius 3 is 2.47 bits per heavy atom. The summed E-state index contributed by atoms with van der Waals surface area (Å²) in [5.74, 6) is -0.418. The predicted octanol–water partition coefficient (Wildman–Crippen LogP) is 3.30. The van der Waals surface area contributed by atoms with Crippen LogP contribution >= 0.6 is 0 Å². The van der Waals surface area contributed by atoms with Gasteiger partial charge in [-0.3, -0.25) is 9.59 Å². The fourth-order valence-corrected chi connectivity index (χ4v) is 5.67. The molecule has 2 atom stereocenters. The summed E-state index contributed by atoms with van der Waals surface area (Å²) in [6, 6.07) is 15.2. The molecule has 9 nitrogen and oxygen atoms in total. The number of pyridine rings is 1. The Balaban J connectivity index is 1.35. The first kappa shape index (κ1) is 24.1. The van der Waals surface area contributed by atoms with Gasteiger partial charge in [-0.05, 0) is 80.6 Å². The van der Waals surface area contributed by atoms with Crippen molar-refractivity contribution >= 4 is 34.3 Å². The number of rotatable bonds is 5. The lowest BCUT2D eigenvalue weighted by molar-refractivity contribution is 0.0999. The van der Waals surface area contributed by atoms with E-state index in [1.54, 1.807) is 4.57 Å². The lowest BCUT2D eigenvalue weighted by atomic mass is 10.1. The molecule has 38 heavy (non-hydrogen) atoms. The van der Waals surface area contributed by atoms with E-state index in [4.69, 9.17) is 10.7 Å². The second kappa shape index (κ2) is 9.57. The van der Waals surface area contributed by atoms with Crippen LogP contribution < -0.4 is 26.7 Å². The molecule has 0 saturated carbocycles. The van der Waals surface area contributed by atoms with Gasteiger partial charge in [0.1, 0.15) is 5.56 Å². The van der Waals surface area contributed by atoms with Crippen LogP contribution in [0.4, 0.5) is 17.3 Å². The molecule has 2 aliphatic rings. The van der Waals surface area contributed by atoms with Crippen molar-refractivity contribution in [2.45, 2.75) is 45.2 Å². The number of fused-ring (bicyclic) bond motifs is 2. The van der Waals surface area contributed by atoms with E-state index < -0.39 is 11.3 Å². The molecule has 0 bridgehead atoms. The van der Waals surface area contributed by atoms with E-state index in [0.717, 1.165) is 43.7 Å². The molecule has 0 radical (unpaired) electrons. The summed E-state index contributed by atoms with van der Waals surface area (Å²) in [5, 5.41) is 7.06. The van der Waals surface area contributed by atoms with Crippen LogP contribution in [0.25, 0.3) is 16.7 Å². The number of amides is 1. The van der Waals surface area contributed by atoms with Crippen LogP contribution in [-0.2, 0) is 12.8 Å². The van der Waals surface area contributed by atoms with E-state index in [1.807, 2.05) is 18.2 Å². The second-order valence-electron chi connectivity index (χ2n) is 10.4. The monoisotopic (exact) mass is 509 g/mol. The Labute approximate surface area is 220 Å². The van der Waals surface area contributed by atoms with E-state index in [2.05, 4.69) is 58.6 Å². The zero-order chi connectivity index (χ0) is 26.4. The van der Waals surface area contributed by atoms with Crippen LogP contribution in [0.2, 0.25) is 0 Å². The molecule has 6 rings (SSSR count). The minimum atomic E-state index is -0.776. The van der Waals surface area contributed by atoms with Gasteiger partial charge in [0, 0.05) is 54.6 Å². The molecule has 9 heteroatoms. The molecule has 1 aliphatic carbocycles. The molecule has 4 N–H and O–H groups in total. The van der Waals surface area contributed by atoms with Gasteiger partial charge in [-0.2, -0.15) is 4.98 Å².